The Morgan fingerprint density at radius 2 is 1.76 bits per heavy atom. The highest BCUT2D eigenvalue weighted by atomic mass is 16.5. The van der Waals surface area contributed by atoms with Gasteiger partial charge in [-0.15, -0.1) is 0 Å². The molecule has 0 aromatic heterocycles. The van der Waals surface area contributed by atoms with Crippen LogP contribution in [0.4, 0.5) is 0 Å². The molecule has 2 N–H and O–H groups in total. The molecule has 21 heavy (non-hydrogen) atoms. The highest BCUT2D eigenvalue weighted by Gasteiger charge is 2.16. The van der Waals surface area contributed by atoms with Gasteiger partial charge in [0.15, 0.2) is 11.9 Å². The van der Waals surface area contributed by atoms with Crippen LogP contribution in [0.1, 0.15) is 37.0 Å². The lowest BCUT2D eigenvalue weighted by Gasteiger charge is -2.09. The number of ketones is 1. The molecule has 1 rings (SSSR count). The second-order valence-electron chi connectivity index (χ2n) is 4.42. The van der Waals surface area contributed by atoms with Crippen LogP contribution in [0.25, 0.3) is 0 Å². The number of carbonyl (C=O) groups is 3. The average Bonchev–Trinajstić information content (AvgIpc) is 2.45. The summed E-state index contributed by atoms with van der Waals surface area (Å²) in [5, 5.41) is 0. The van der Waals surface area contributed by atoms with Crippen LogP contribution >= 0.6 is 0 Å². The molecule has 1 atom stereocenters. The Kier molecular flexibility index (Phi) is 6.39. The fourth-order valence-corrected chi connectivity index (χ4v) is 1.58. The molecule has 0 bridgehead atoms. The predicted molar refractivity (Wildman–Crippen MR) is 75.9 cm³/mol. The molecule has 0 fully saturated rings. The van der Waals surface area contributed by atoms with E-state index in [1.807, 2.05) is 6.92 Å². The summed E-state index contributed by atoms with van der Waals surface area (Å²) in [5.41, 5.74) is 5.47. The number of rotatable bonds is 8. The Bertz CT molecular complexity index is 509. The number of amides is 1. The lowest BCUT2D eigenvalue weighted by Crippen LogP contribution is -2.30. The number of hydrogen-bond acceptors (Lipinski definition) is 5. The van der Waals surface area contributed by atoms with Crippen molar-refractivity contribution in [3.05, 3.63) is 29.8 Å². The van der Waals surface area contributed by atoms with Gasteiger partial charge in [-0.2, -0.15) is 0 Å². The number of hydrogen-bond donors (Lipinski definition) is 1. The van der Waals surface area contributed by atoms with E-state index >= 15 is 0 Å². The minimum Gasteiger partial charge on any atom is -0.494 e. The third-order valence-electron chi connectivity index (χ3n) is 2.75. The maximum Gasteiger partial charge on any atom is 0.307 e. The summed E-state index contributed by atoms with van der Waals surface area (Å²) in [6.07, 6.45) is -1.07. The van der Waals surface area contributed by atoms with Crippen LogP contribution in [0.15, 0.2) is 24.3 Å². The SMILES string of the molecule is CCOc1ccc(C(=O)CCC(=O)O[C@H](C)C(N)=O)cc1. The molecule has 0 aliphatic rings. The van der Waals surface area contributed by atoms with E-state index in [9.17, 15) is 14.4 Å². The Balaban J connectivity index is 2.46. The third kappa shape index (κ3) is 5.64. The minimum absolute atomic E-state index is 0.0122. The quantitative estimate of drug-likeness (QED) is 0.578. The molecule has 114 valence electrons. The highest BCUT2D eigenvalue weighted by Crippen LogP contribution is 2.14. The monoisotopic (exact) mass is 293 g/mol. The van der Waals surface area contributed by atoms with Crippen molar-refractivity contribution in [2.45, 2.75) is 32.8 Å². The Hall–Kier alpha value is -2.37. The minimum atomic E-state index is -0.988. The van der Waals surface area contributed by atoms with E-state index in [2.05, 4.69) is 0 Å². The molecule has 0 spiro atoms. The van der Waals surface area contributed by atoms with Gasteiger partial charge in [0.05, 0.1) is 13.0 Å². The molecule has 0 heterocycles. The van der Waals surface area contributed by atoms with Crippen molar-refractivity contribution in [3.63, 3.8) is 0 Å². The number of Topliss-reactive ketones (excluding diaryl/α,β-unsaturated/α-hetero) is 1. The Morgan fingerprint density at radius 3 is 2.29 bits per heavy atom. The summed E-state index contributed by atoms with van der Waals surface area (Å²) in [6, 6.07) is 6.68. The first kappa shape index (κ1) is 16.7. The van der Waals surface area contributed by atoms with Crippen LogP contribution in [0.2, 0.25) is 0 Å². The van der Waals surface area contributed by atoms with Crippen LogP contribution in [0.5, 0.6) is 5.75 Å². The number of nitrogens with two attached hydrogens (primary N) is 1. The van der Waals surface area contributed by atoms with E-state index in [0.29, 0.717) is 17.9 Å². The lowest BCUT2D eigenvalue weighted by molar-refractivity contribution is -0.153. The second kappa shape index (κ2) is 8.04. The van der Waals surface area contributed by atoms with E-state index in [0.717, 1.165) is 0 Å². The maximum absolute atomic E-state index is 11.9. The topological polar surface area (TPSA) is 95.7 Å². The molecule has 1 aromatic carbocycles. The zero-order chi connectivity index (χ0) is 15.8. The molecule has 0 saturated heterocycles. The van der Waals surface area contributed by atoms with Crippen molar-refractivity contribution in [2.75, 3.05) is 6.61 Å². The summed E-state index contributed by atoms with van der Waals surface area (Å²) in [7, 11) is 0. The summed E-state index contributed by atoms with van der Waals surface area (Å²) >= 11 is 0. The van der Waals surface area contributed by atoms with Crippen molar-refractivity contribution >= 4 is 17.7 Å². The fraction of sp³-hybridized carbons (Fsp3) is 0.400. The van der Waals surface area contributed by atoms with Gasteiger partial charge in [-0.3, -0.25) is 14.4 Å². The van der Waals surface area contributed by atoms with E-state index in [-0.39, 0.29) is 18.6 Å². The van der Waals surface area contributed by atoms with E-state index in [4.69, 9.17) is 15.2 Å². The maximum atomic E-state index is 11.9. The van der Waals surface area contributed by atoms with Gasteiger partial charge >= 0.3 is 5.97 Å². The van der Waals surface area contributed by atoms with Crippen molar-refractivity contribution in [2.24, 2.45) is 5.73 Å². The third-order valence-corrected chi connectivity index (χ3v) is 2.75. The summed E-state index contributed by atoms with van der Waals surface area (Å²) < 4.78 is 10.0. The van der Waals surface area contributed by atoms with Gasteiger partial charge in [-0.05, 0) is 38.1 Å². The molecular formula is C15H19NO5. The van der Waals surface area contributed by atoms with E-state index < -0.39 is 18.0 Å². The van der Waals surface area contributed by atoms with Gasteiger partial charge in [-0.25, -0.2) is 0 Å². The number of esters is 1. The van der Waals surface area contributed by atoms with Crippen LogP contribution in [0, 0.1) is 0 Å². The molecule has 1 aromatic rings. The van der Waals surface area contributed by atoms with Gasteiger partial charge in [0.1, 0.15) is 5.75 Å². The van der Waals surface area contributed by atoms with Crippen molar-refractivity contribution in [1.82, 2.24) is 0 Å². The number of carbonyl (C=O) groups excluding carboxylic acids is 3. The van der Waals surface area contributed by atoms with Crippen molar-refractivity contribution in [3.8, 4) is 5.75 Å². The van der Waals surface area contributed by atoms with Crippen molar-refractivity contribution in [1.29, 1.82) is 0 Å². The van der Waals surface area contributed by atoms with Crippen LogP contribution in [0.3, 0.4) is 0 Å². The standard InChI is InChI=1S/C15H19NO5/c1-3-20-12-6-4-11(5-7-12)13(17)8-9-14(18)21-10(2)15(16)19/h4-7,10H,3,8-9H2,1-2H3,(H2,16,19)/t10-/m1/s1. The molecule has 0 saturated carbocycles. The molecule has 0 aliphatic heterocycles. The van der Waals surface area contributed by atoms with E-state index in [1.54, 1.807) is 24.3 Å². The smallest absolute Gasteiger partial charge is 0.307 e. The van der Waals surface area contributed by atoms with Crippen LogP contribution in [-0.2, 0) is 14.3 Å². The summed E-state index contributed by atoms with van der Waals surface area (Å²) in [5.74, 6) is -0.841. The first-order valence-corrected chi connectivity index (χ1v) is 6.69. The summed E-state index contributed by atoms with van der Waals surface area (Å²) in [6.45, 7) is 3.81. The largest absolute Gasteiger partial charge is 0.494 e. The highest BCUT2D eigenvalue weighted by molar-refractivity contribution is 5.97. The van der Waals surface area contributed by atoms with Gasteiger partial charge in [-0.1, -0.05) is 0 Å². The lowest BCUT2D eigenvalue weighted by atomic mass is 10.1. The molecule has 0 unspecified atom stereocenters. The normalized spacial score (nSPS) is 11.5. The zero-order valence-corrected chi connectivity index (χ0v) is 12.1. The zero-order valence-electron chi connectivity index (χ0n) is 12.1. The molecular weight excluding hydrogens is 274 g/mol. The molecule has 6 nitrogen and oxygen atoms in total. The molecule has 1 amide bonds. The van der Waals surface area contributed by atoms with Gasteiger partial charge in [0.2, 0.25) is 0 Å². The van der Waals surface area contributed by atoms with Gasteiger partial charge in [0.25, 0.3) is 5.91 Å². The molecule has 0 radical (unpaired) electrons. The van der Waals surface area contributed by atoms with Crippen molar-refractivity contribution < 1.29 is 23.9 Å². The van der Waals surface area contributed by atoms with Crippen LogP contribution in [-0.4, -0.2) is 30.4 Å². The van der Waals surface area contributed by atoms with Gasteiger partial charge in [0, 0.05) is 12.0 Å². The average molecular weight is 293 g/mol. The first-order chi connectivity index (χ1) is 9.93. The summed E-state index contributed by atoms with van der Waals surface area (Å²) in [4.78, 5) is 34.1. The molecule has 6 heteroatoms. The van der Waals surface area contributed by atoms with Crippen LogP contribution < -0.4 is 10.5 Å². The van der Waals surface area contributed by atoms with E-state index in [1.165, 1.54) is 6.92 Å². The number of benzene rings is 1. The molecule has 0 aliphatic carbocycles. The Morgan fingerprint density at radius 1 is 1.14 bits per heavy atom. The van der Waals surface area contributed by atoms with Gasteiger partial charge < -0.3 is 15.2 Å². The number of ether oxygens (including phenoxy) is 2. The Labute approximate surface area is 123 Å². The number of primary amides is 1. The fourth-order valence-electron chi connectivity index (χ4n) is 1.58. The first-order valence-electron chi connectivity index (χ1n) is 6.69. The second-order valence-corrected chi connectivity index (χ2v) is 4.42. The predicted octanol–water partition coefficient (Wildman–Crippen LogP) is 1.47.